The zero-order valence-electron chi connectivity index (χ0n) is 18.4. The fourth-order valence-corrected chi connectivity index (χ4v) is 4.88. The maximum atomic E-state index is 11.7. The number of carbonyl (C=O) groups excluding carboxylic acids is 1. The molecule has 0 bridgehead atoms. The summed E-state index contributed by atoms with van der Waals surface area (Å²) in [6, 6.07) is 20.0. The second kappa shape index (κ2) is 9.98. The Morgan fingerprint density at radius 1 is 1.09 bits per heavy atom. The fraction of sp³-hybridized carbons (Fsp3) is 0.400. The number of benzene rings is 2. The third-order valence-corrected chi connectivity index (χ3v) is 6.70. The number of nitrogens with zero attached hydrogens (tertiary/aromatic N) is 1. The van der Waals surface area contributed by atoms with E-state index >= 15 is 0 Å². The van der Waals surface area contributed by atoms with E-state index in [0.29, 0.717) is 18.0 Å². The molecule has 2 atom stereocenters. The predicted molar refractivity (Wildman–Crippen MR) is 127 cm³/mol. The average Bonchev–Trinajstić information content (AvgIpc) is 3.53. The van der Waals surface area contributed by atoms with Crippen molar-refractivity contribution in [2.45, 2.75) is 43.8 Å². The van der Waals surface area contributed by atoms with Gasteiger partial charge in [0.15, 0.2) is 0 Å². The van der Waals surface area contributed by atoms with Gasteiger partial charge in [0, 0.05) is 30.6 Å². The van der Waals surface area contributed by atoms with Crippen LogP contribution >= 0.6 is 0 Å². The minimum atomic E-state index is -3.54. The van der Waals surface area contributed by atoms with Crippen molar-refractivity contribution in [3.8, 4) is 0 Å². The van der Waals surface area contributed by atoms with E-state index in [0.717, 1.165) is 44.3 Å². The minimum absolute atomic E-state index is 0.590. The number of carbonyl (C=O) groups is 1. The van der Waals surface area contributed by atoms with Gasteiger partial charge in [0.25, 0.3) is 5.91 Å². The first-order valence-electron chi connectivity index (χ1n) is 11.2. The van der Waals surface area contributed by atoms with Gasteiger partial charge in [-0.15, -0.1) is 0 Å². The van der Waals surface area contributed by atoms with Crippen LogP contribution in [0.1, 0.15) is 41.9 Å². The summed E-state index contributed by atoms with van der Waals surface area (Å²) >= 11 is 0. The molecule has 0 aromatic heterocycles. The molecule has 2 aromatic carbocycles. The van der Waals surface area contributed by atoms with Crippen LogP contribution in [0.2, 0.25) is 0 Å². The summed E-state index contributed by atoms with van der Waals surface area (Å²) in [6.45, 7) is 3.01. The fourth-order valence-electron chi connectivity index (χ4n) is 4.45. The molecule has 170 valence electrons. The van der Waals surface area contributed by atoms with E-state index in [4.69, 9.17) is 0 Å². The molecule has 1 heterocycles. The Kier molecular flexibility index (Phi) is 7.08. The second-order valence-electron chi connectivity index (χ2n) is 8.89. The number of hydrogen-bond donors (Lipinski definition) is 2. The van der Waals surface area contributed by atoms with Crippen molar-refractivity contribution >= 4 is 22.0 Å². The standard InChI is InChI=1S/C25H31N3O3S/c1-32(30,31)27-25(29)11-10-19-6-5-7-20(16-19)18-28-14-12-22(13-15-28)26-24-17-23(24)21-8-3-2-4-9-21/h2-11,16,22-24,26H,12-15,17-18H2,1H3,(H,27,29)/b11-10+/t23-,24+/m0/s1. The summed E-state index contributed by atoms with van der Waals surface area (Å²) in [6.07, 6.45) is 7.40. The summed E-state index contributed by atoms with van der Waals surface area (Å²) < 4.78 is 24.2. The highest BCUT2D eigenvalue weighted by Crippen LogP contribution is 2.41. The number of amides is 1. The van der Waals surface area contributed by atoms with Gasteiger partial charge in [-0.1, -0.05) is 54.6 Å². The number of piperidine rings is 1. The Balaban J connectivity index is 1.22. The van der Waals surface area contributed by atoms with Crippen LogP contribution in [-0.4, -0.2) is 50.7 Å². The van der Waals surface area contributed by atoms with Crippen molar-refractivity contribution in [3.05, 3.63) is 77.4 Å². The molecule has 1 aliphatic carbocycles. The minimum Gasteiger partial charge on any atom is -0.311 e. The van der Waals surface area contributed by atoms with Crippen molar-refractivity contribution in [1.82, 2.24) is 14.9 Å². The molecule has 1 saturated heterocycles. The lowest BCUT2D eigenvalue weighted by Gasteiger charge is -2.32. The number of hydrogen-bond acceptors (Lipinski definition) is 5. The number of rotatable bonds is 8. The van der Waals surface area contributed by atoms with Crippen molar-refractivity contribution in [1.29, 1.82) is 0 Å². The number of sulfonamides is 1. The SMILES string of the molecule is CS(=O)(=O)NC(=O)/C=C/c1cccc(CN2CCC(N[C@@H]3C[C@H]3c3ccccc3)CC2)c1. The maximum absolute atomic E-state index is 11.7. The summed E-state index contributed by atoms with van der Waals surface area (Å²) in [5.41, 5.74) is 3.52. The van der Waals surface area contributed by atoms with Gasteiger partial charge >= 0.3 is 0 Å². The molecule has 2 aliphatic rings. The molecular weight excluding hydrogens is 422 g/mol. The van der Waals surface area contributed by atoms with Crippen molar-refractivity contribution in [2.24, 2.45) is 0 Å². The summed E-state index contributed by atoms with van der Waals surface area (Å²) in [7, 11) is -3.54. The van der Waals surface area contributed by atoms with Gasteiger partial charge in [0.05, 0.1) is 6.26 Å². The monoisotopic (exact) mass is 453 g/mol. The molecule has 2 N–H and O–H groups in total. The largest absolute Gasteiger partial charge is 0.311 e. The molecule has 6 nitrogen and oxygen atoms in total. The van der Waals surface area contributed by atoms with Crippen molar-refractivity contribution < 1.29 is 13.2 Å². The van der Waals surface area contributed by atoms with E-state index in [1.165, 1.54) is 23.6 Å². The van der Waals surface area contributed by atoms with E-state index in [1.54, 1.807) is 6.08 Å². The highest BCUT2D eigenvalue weighted by atomic mass is 32.2. The van der Waals surface area contributed by atoms with Crippen LogP contribution in [0.15, 0.2) is 60.7 Å². The Morgan fingerprint density at radius 2 is 1.84 bits per heavy atom. The molecule has 0 unspecified atom stereocenters. The van der Waals surface area contributed by atoms with Crippen LogP contribution in [0.3, 0.4) is 0 Å². The van der Waals surface area contributed by atoms with E-state index in [9.17, 15) is 13.2 Å². The van der Waals surface area contributed by atoms with Crippen LogP contribution in [0.25, 0.3) is 6.08 Å². The first kappa shape index (κ1) is 22.7. The van der Waals surface area contributed by atoms with Crippen LogP contribution in [0, 0.1) is 0 Å². The van der Waals surface area contributed by atoms with Crippen LogP contribution < -0.4 is 10.0 Å². The number of likely N-dealkylation sites (tertiary alicyclic amines) is 1. The van der Waals surface area contributed by atoms with Crippen LogP contribution in [0.4, 0.5) is 0 Å². The molecule has 0 spiro atoms. The molecule has 2 aromatic rings. The Morgan fingerprint density at radius 3 is 2.56 bits per heavy atom. The van der Waals surface area contributed by atoms with Gasteiger partial charge in [0.2, 0.25) is 10.0 Å². The Hall–Kier alpha value is -2.48. The Bertz CT molecular complexity index is 1060. The Labute approximate surface area is 190 Å². The van der Waals surface area contributed by atoms with E-state index in [1.807, 2.05) is 22.9 Å². The average molecular weight is 454 g/mol. The zero-order valence-corrected chi connectivity index (χ0v) is 19.2. The van der Waals surface area contributed by atoms with E-state index < -0.39 is 15.9 Å². The van der Waals surface area contributed by atoms with Crippen LogP contribution in [-0.2, 0) is 21.4 Å². The van der Waals surface area contributed by atoms with Gasteiger partial charge in [-0.25, -0.2) is 13.1 Å². The van der Waals surface area contributed by atoms with E-state index in [2.05, 4.69) is 46.6 Å². The molecule has 1 amide bonds. The molecule has 1 saturated carbocycles. The van der Waals surface area contributed by atoms with Gasteiger partial charge in [0.1, 0.15) is 0 Å². The highest BCUT2D eigenvalue weighted by molar-refractivity contribution is 7.89. The van der Waals surface area contributed by atoms with Crippen LogP contribution in [0.5, 0.6) is 0 Å². The lowest BCUT2D eigenvalue weighted by molar-refractivity contribution is -0.114. The second-order valence-corrected chi connectivity index (χ2v) is 10.6. The molecular formula is C25H31N3O3S. The first-order valence-corrected chi connectivity index (χ1v) is 13.1. The van der Waals surface area contributed by atoms with Gasteiger partial charge in [-0.3, -0.25) is 9.69 Å². The quantitative estimate of drug-likeness (QED) is 0.601. The lowest BCUT2D eigenvalue weighted by atomic mass is 10.0. The van der Waals surface area contributed by atoms with Gasteiger partial charge in [-0.05, 0) is 55.1 Å². The highest BCUT2D eigenvalue weighted by Gasteiger charge is 2.39. The smallest absolute Gasteiger partial charge is 0.257 e. The normalized spacial score (nSPS) is 22.2. The van der Waals surface area contributed by atoms with Crippen molar-refractivity contribution in [3.63, 3.8) is 0 Å². The topological polar surface area (TPSA) is 78.5 Å². The molecule has 1 aliphatic heterocycles. The third kappa shape index (κ3) is 6.76. The summed E-state index contributed by atoms with van der Waals surface area (Å²) in [5, 5.41) is 3.86. The lowest BCUT2D eigenvalue weighted by Crippen LogP contribution is -2.43. The predicted octanol–water partition coefficient (Wildman–Crippen LogP) is 2.89. The van der Waals surface area contributed by atoms with E-state index in [-0.39, 0.29) is 0 Å². The molecule has 0 radical (unpaired) electrons. The van der Waals surface area contributed by atoms with Gasteiger partial charge < -0.3 is 5.32 Å². The van der Waals surface area contributed by atoms with Crippen molar-refractivity contribution in [2.75, 3.05) is 19.3 Å². The maximum Gasteiger partial charge on any atom is 0.257 e. The first-order chi connectivity index (χ1) is 15.4. The molecule has 2 fully saturated rings. The molecule has 7 heteroatoms. The number of nitrogens with one attached hydrogen (secondary N) is 2. The third-order valence-electron chi connectivity index (χ3n) is 6.13. The molecule has 4 rings (SSSR count). The summed E-state index contributed by atoms with van der Waals surface area (Å²) in [5.74, 6) is 0.0298. The summed E-state index contributed by atoms with van der Waals surface area (Å²) in [4.78, 5) is 14.1. The van der Waals surface area contributed by atoms with Gasteiger partial charge in [-0.2, -0.15) is 0 Å². The molecule has 32 heavy (non-hydrogen) atoms. The zero-order chi connectivity index (χ0) is 22.6.